The van der Waals surface area contributed by atoms with Gasteiger partial charge in [0, 0.05) is 118 Å². The van der Waals surface area contributed by atoms with E-state index in [1.165, 1.54) is 5.56 Å². The minimum atomic E-state index is -0.984. The van der Waals surface area contributed by atoms with E-state index in [1.807, 2.05) is 98.4 Å². The Morgan fingerprint density at radius 1 is 0.493 bits per heavy atom. The Balaban J connectivity index is 0.00000468. The van der Waals surface area contributed by atoms with Crippen LogP contribution in [-0.2, 0) is 44.5 Å². The first-order valence-corrected chi connectivity index (χ1v) is 22.1. The molecule has 2 aromatic carbocycles. The Hall–Kier alpha value is -7.61. The molecule has 0 amide bonds. The Kier molecular flexibility index (Phi) is 9.29. The van der Waals surface area contributed by atoms with Gasteiger partial charge in [0.1, 0.15) is 5.54 Å². The third-order valence-corrected chi connectivity index (χ3v) is 14.3. The van der Waals surface area contributed by atoms with Crippen LogP contribution in [-0.4, -0.2) is 39.5 Å². The summed E-state index contributed by atoms with van der Waals surface area (Å²) in [5.74, 6) is 0.278. The summed E-state index contributed by atoms with van der Waals surface area (Å²) in [5, 5.41) is 0. The van der Waals surface area contributed by atoms with E-state index in [0.29, 0.717) is 0 Å². The predicted molar refractivity (Wildman–Crippen MR) is 249 cm³/mol. The number of hydrogen-bond donors (Lipinski definition) is 0. The first-order valence-electron chi connectivity index (χ1n) is 22.1. The average molecular weight is 1050 g/mol. The molecule has 3 aliphatic carbocycles. The number of aryl methyl sites for hydroxylation is 1. The van der Waals surface area contributed by atoms with Gasteiger partial charge in [-0.3, -0.25) is 34.9 Å². The molecular formula is C57H39N9Pt-2. The summed E-state index contributed by atoms with van der Waals surface area (Å²) in [4.78, 5) is 34.0. The van der Waals surface area contributed by atoms with Crippen molar-refractivity contribution in [3.05, 3.63) is 263 Å². The van der Waals surface area contributed by atoms with E-state index in [1.54, 1.807) is 0 Å². The first kappa shape index (κ1) is 40.9. The molecule has 8 heterocycles. The number of benzene rings is 2. The van der Waals surface area contributed by atoms with Crippen LogP contribution in [0.1, 0.15) is 86.7 Å². The fourth-order valence-electron chi connectivity index (χ4n) is 11.5. The maximum absolute atomic E-state index is 5.24. The van der Waals surface area contributed by atoms with Crippen LogP contribution < -0.4 is 4.57 Å². The second-order valence-electron chi connectivity index (χ2n) is 17.7. The molecular weight excluding hydrogens is 1010 g/mol. The SMILES string of the molecule is CC(C)c1ccnc(C2(c3[c-]c(C4(c5[c-]c(C6(n7[c-][n+](C)cc7)c7cnccc7-c7ccncc76)ccc5)c5cnccc5-c5ccncc54)ccc3)c3cnccc3-c3ccncc32)c1.[Pt]. The molecule has 13 rings (SSSR count). The summed E-state index contributed by atoms with van der Waals surface area (Å²) in [6.07, 6.45) is 32.8. The minimum Gasteiger partial charge on any atom is -0.354 e. The zero-order valence-electron chi connectivity index (χ0n) is 36.7. The molecule has 0 saturated heterocycles. The van der Waals surface area contributed by atoms with Gasteiger partial charge in [-0.15, -0.1) is 22.3 Å². The molecule has 3 aliphatic rings. The van der Waals surface area contributed by atoms with Crippen LogP contribution in [0.5, 0.6) is 0 Å². The summed E-state index contributed by atoms with van der Waals surface area (Å²) < 4.78 is 4.10. The minimum absolute atomic E-state index is 0. The van der Waals surface area contributed by atoms with Crippen molar-refractivity contribution in [3.8, 4) is 33.4 Å². The number of imidazole rings is 1. The van der Waals surface area contributed by atoms with Crippen molar-refractivity contribution in [1.29, 1.82) is 0 Å². The number of aromatic nitrogens is 9. The Labute approximate surface area is 402 Å². The number of nitrogens with zero attached hydrogens (tertiary/aromatic N) is 9. The zero-order chi connectivity index (χ0) is 44.2. The van der Waals surface area contributed by atoms with Crippen molar-refractivity contribution in [2.45, 2.75) is 36.1 Å². The van der Waals surface area contributed by atoms with Gasteiger partial charge in [-0.1, -0.05) is 13.8 Å². The molecule has 0 saturated carbocycles. The van der Waals surface area contributed by atoms with Crippen molar-refractivity contribution >= 4 is 0 Å². The Morgan fingerprint density at radius 3 is 1.34 bits per heavy atom. The molecule has 8 aromatic heterocycles. The molecule has 0 bridgehead atoms. The quantitative estimate of drug-likeness (QED) is 0.116. The van der Waals surface area contributed by atoms with Crippen molar-refractivity contribution < 1.29 is 25.6 Å². The molecule has 0 fully saturated rings. The predicted octanol–water partition coefficient (Wildman–Crippen LogP) is 9.15. The molecule has 10 heteroatoms. The van der Waals surface area contributed by atoms with E-state index < -0.39 is 16.4 Å². The van der Waals surface area contributed by atoms with E-state index in [2.05, 4.69) is 128 Å². The molecule has 324 valence electrons. The van der Waals surface area contributed by atoms with Gasteiger partial charge < -0.3 is 9.13 Å². The number of fused-ring (bicyclic) bond motifs is 9. The smallest absolute Gasteiger partial charge is 0.204 e. The normalized spacial score (nSPS) is 14.9. The van der Waals surface area contributed by atoms with E-state index in [0.717, 1.165) is 94.7 Å². The van der Waals surface area contributed by atoms with Gasteiger partial charge in [-0.2, -0.15) is 48.5 Å². The number of hydrogen-bond acceptors (Lipinski definition) is 7. The fraction of sp³-hybridized carbons (Fsp3) is 0.123. The van der Waals surface area contributed by atoms with Gasteiger partial charge in [-0.25, -0.2) is 0 Å². The van der Waals surface area contributed by atoms with Crippen molar-refractivity contribution in [1.82, 2.24) is 39.5 Å². The third-order valence-electron chi connectivity index (χ3n) is 14.3. The Morgan fingerprint density at radius 2 is 0.896 bits per heavy atom. The van der Waals surface area contributed by atoms with Crippen LogP contribution in [0.4, 0.5) is 0 Å². The topological polar surface area (TPSA) is 99.0 Å². The molecule has 9 nitrogen and oxygen atoms in total. The molecule has 10 aromatic rings. The van der Waals surface area contributed by atoms with E-state index in [4.69, 9.17) is 34.9 Å². The third kappa shape index (κ3) is 5.40. The van der Waals surface area contributed by atoms with Gasteiger partial charge in [0.2, 0.25) is 6.33 Å². The van der Waals surface area contributed by atoms with E-state index >= 15 is 0 Å². The molecule has 0 radical (unpaired) electrons. The summed E-state index contributed by atoms with van der Waals surface area (Å²) in [6, 6.07) is 38.4. The van der Waals surface area contributed by atoms with Gasteiger partial charge in [0.15, 0.2) is 0 Å². The van der Waals surface area contributed by atoms with Crippen LogP contribution in [0.15, 0.2) is 178 Å². The van der Waals surface area contributed by atoms with Crippen molar-refractivity contribution in [2.24, 2.45) is 7.05 Å². The second-order valence-corrected chi connectivity index (χ2v) is 17.7. The maximum atomic E-state index is 5.24. The zero-order valence-corrected chi connectivity index (χ0v) is 38.9. The van der Waals surface area contributed by atoms with Crippen LogP contribution in [0.2, 0.25) is 0 Å². The standard InChI is InChI=1S/C57H39N9.Pt/c1-36(2)37-10-23-64-54(26-37)56(50-31-60-19-13-44(50)45-14-20-61-32-51(45)56)40-8-4-6-38(27-40)55(48-29-58-17-11-42(48)43-12-18-59-30-49(43)55)39-7-5-9-41(28-39)57(66-25-24-65(3)35-66)52-33-62-21-15-46(52)47-16-22-63-34-53(47)57;/h4-26,29-34,36H,1-3H3;/q-2;. The van der Waals surface area contributed by atoms with Crippen molar-refractivity contribution in [3.63, 3.8) is 0 Å². The maximum Gasteiger partial charge on any atom is 0.204 e. The molecule has 0 N–H and O–H groups in total. The van der Waals surface area contributed by atoms with Gasteiger partial charge in [0.25, 0.3) is 0 Å². The van der Waals surface area contributed by atoms with E-state index in [9.17, 15) is 0 Å². The molecule has 0 spiro atoms. The number of rotatable bonds is 7. The van der Waals surface area contributed by atoms with Crippen LogP contribution in [0, 0.1) is 18.5 Å². The molecule has 0 aliphatic heterocycles. The van der Waals surface area contributed by atoms with Gasteiger partial charge in [-0.05, 0) is 128 Å². The number of pyridine rings is 7. The van der Waals surface area contributed by atoms with Gasteiger partial charge in [0.05, 0.1) is 18.2 Å². The van der Waals surface area contributed by atoms with Crippen LogP contribution in [0.25, 0.3) is 33.4 Å². The van der Waals surface area contributed by atoms with E-state index in [-0.39, 0.29) is 27.0 Å². The van der Waals surface area contributed by atoms with Crippen LogP contribution in [0.3, 0.4) is 0 Å². The van der Waals surface area contributed by atoms with Gasteiger partial charge >= 0.3 is 0 Å². The molecule has 0 atom stereocenters. The molecule has 67 heavy (non-hydrogen) atoms. The summed E-state index contributed by atoms with van der Waals surface area (Å²) >= 11 is 0. The first-order chi connectivity index (χ1) is 32.5. The summed E-state index contributed by atoms with van der Waals surface area (Å²) in [6.45, 7) is 4.44. The van der Waals surface area contributed by atoms with Crippen molar-refractivity contribution in [2.75, 3.05) is 0 Å². The molecule has 0 unspecified atom stereocenters. The summed E-state index contributed by atoms with van der Waals surface area (Å²) in [7, 11) is 1.99. The fourth-order valence-corrected chi connectivity index (χ4v) is 11.5. The Bertz CT molecular complexity index is 3460. The van der Waals surface area contributed by atoms with Crippen LogP contribution >= 0.6 is 0 Å². The monoisotopic (exact) mass is 1040 g/mol. The summed E-state index contributed by atoms with van der Waals surface area (Å²) in [5.41, 5.74) is 15.6. The average Bonchev–Trinajstić information content (AvgIpc) is 4.11. The largest absolute Gasteiger partial charge is 0.354 e. The second kappa shape index (κ2) is 15.2.